The van der Waals surface area contributed by atoms with E-state index in [0.717, 1.165) is 19.3 Å². The number of hydrogen-bond donors (Lipinski definition) is 1. The number of nitrogens with one attached hydrogen (secondary N) is 1. The van der Waals surface area contributed by atoms with Gasteiger partial charge in [0.2, 0.25) is 5.91 Å². The molecular weight excluding hydrogens is 310 g/mol. The molecule has 0 saturated carbocycles. The maximum atomic E-state index is 12.1. The Morgan fingerprint density at radius 1 is 1.24 bits per heavy atom. The van der Waals surface area contributed by atoms with E-state index in [1.165, 1.54) is 12.1 Å². The minimum atomic E-state index is -3.39. The van der Waals surface area contributed by atoms with E-state index in [0.29, 0.717) is 5.02 Å². The van der Waals surface area contributed by atoms with Gasteiger partial charge in [-0.05, 0) is 43.5 Å². The van der Waals surface area contributed by atoms with Gasteiger partial charge in [-0.15, -0.1) is 0 Å². The van der Waals surface area contributed by atoms with E-state index in [9.17, 15) is 13.2 Å². The van der Waals surface area contributed by atoms with Crippen LogP contribution in [0.15, 0.2) is 41.3 Å². The second-order valence-electron chi connectivity index (χ2n) is 5.05. The molecule has 0 saturated heterocycles. The number of allylic oxidation sites excluding steroid dienone is 2. The van der Waals surface area contributed by atoms with Crippen LogP contribution >= 0.6 is 11.6 Å². The summed E-state index contributed by atoms with van der Waals surface area (Å²) < 4.78 is 24.2. The largest absolute Gasteiger partial charge is 0.355 e. The zero-order valence-electron chi connectivity index (χ0n) is 11.6. The third-order valence-corrected chi connectivity index (χ3v) is 5.47. The molecule has 114 valence electrons. The van der Waals surface area contributed by atoms with Crippen molar-refractivity contribution in [1.29, 1.82) is 0 Å². The number of carbonyl (C=O) groups excluding carboxylic acids is 1. The number of halogens is 1. The molecule has 1 aromatic rings. The third kappa shape index (κ3) is 4.58. The van der Waals surface area contributed by atoms with Gasteiger partial charge in [0.1, 0.15) is 0 Å². The van der Waals surface area contributed by atoms with E-state index in [4.69, 9.17) is 11.6 Å². The minimum absolute atomic E-state index is 0.0340. The van der Waals surface area contributed by atoms with Crippen molar-refractivity contribution in [2.75, 3.05) is 12.3 Å². The standard InChI is InChI=1S/C15H18ClNO3S/c16-13-6-8-14(9-7-13)21(19,20)11-10-17-15(18)12-4-2-1-3-5-12/h1-2,6-9,12H,3-5,10-11H2,(H,17,18)/t12-/m0/s1. The molecule has 6 heteroatoms. The SMILES string of the molecule is O=C(NCCS(=O)(=O)c1ccc(Cl)cc1)[C@H]1CC=CCC1. The number of benzene rings is 1. The molecule has 1 atom stereocenters. The molecular formula is C15H18ClNO3S. The van der Waals surface area contributed by atoms with E-state index in [1.54, 1.807) is 12.1 Å². The molecule has 1 aliphatic carbocycles. The first-order valence-corrected chi connectivity index (χ1v) is 8.93. The Hall–Kier alpha value is -1.33. The molecule has 0 heterocycles. The molecule has 0 bridgehead atoms. The Balaban J connectivity index is 1.86. The number of amides is 1. The zero-order valence-corrected chi connectivity index (χ0v) is 13.2. The van der Waals surface area contributed by atoms with Gasteiger partial charge in [-0.3, -0.25) is 4.79 Å². The van der Waals surface area contributed by atoms with Crippen molar-refractivity contribution in [1.82, 2.24) is 5.32 Å². The Labute approximate surface area is 130 Å². The summed E-state index contributed by atoms with van der Waals surface area (Å²) >= 11 is 5.74. The summed E-state index contributed by atoms with van der Waals surface area (Å²) in [5, 5.41) is 3.20. The molecule has 1 aliphatic rings. The molecule has 0 fully saturated rings. The lowest BCUT2D eigenvalue weighted by atomic mass is 9.94. The number of rotatable bonds is 5. The first kappa shape index (κ1) is 16.0. The highest BCUT2D eigenvalue weighted by molar-refractivity contribution is 7.91. The van der Waals surface area contributed by atoms with Crippen LogP contribution in [0.1, 0.15) is 19.3 Å². The highest BCUT2D eigenvalue weighted by Crippen LogP contribution is 2.18. The number of carbonyl (C=O) groups is 1. The van der Waals surface area contributed by atoms with Gasteiger partial charge in [0.05, 0.1) is 10.6 Å². The van der Waals surface area contributed by atoms with E-state index in [-0.39, 0.29) is 29.0 Å². The fraction of sp³-hybridized carbons (Fsp3) is 0.400. The first-order chi connectivity index (χ1) is 9.99. The summed E-state index contributed by atoms with van der Waals surface area (Å²) in [4.78, 5) is 12.1. The van der Waals surface area contributed by atoms with Crippen molar-refractivity contribution in [2.24, 2.45) is 5.92 Å². The van der Waals surface area contributed by atoms with Crippen LogP contribution in [-0.2, 0) is 14.6 Å². The summed E-state index contributed by atoms with van der Waals surface area (Å²) in [6.45, 7) is 0.129. The molecule has 21 heavy (non-hydrogen) atoms. The third-order valence-electron chi connectivity index (χ3n) is 3.48. The van der Waals surface area contributed by atoms with Crippen LogP contribution in [0.4, 0.5) is 0 Å². The summed E-state index contributed by atoms with van der Waals surface area (Å²) in [6.07, 6.45) is 6.52. The summed E-state index contributed by atoms with van der Waals surface area (Å²) in [6, 6.07) is 6.04. The van der Waals surface area contributed by atoms with Crippen molar-refractivity contribution in [3.05, 3.63) is 41.4 Å². The molecule has 0 spiro atoms. The van der Waals surface area contributed by atoms with Gasteiger partial charge in [0, 0.05) is 17.5 Å². The van der Waals surface area contributed by atoms with Crippen molar-refractivity contribution < 1.29 is 13.2 Å². The van der Waals surface area contributed by atoms with Gasteiger partial charge in [-0.25, -0.2) is 8.42 Å². The Kier molecular flexibility index (Phi) is 5.42. The summed E-state index contributed by atoms with van der Waals surface area (Å²) in [5.41, 5.74) is 0. The minimum Gasteiger partial charge on any atom is -0.355 e. The molecule has 0 radical (unpaired) electrons. The molecule has 2 rings (SSSR count). The van der Waals surface area contributed by atoms with Crippen LogP contribution in [0.5, 0.6) is 0 Å². The fourth-order valence-corrected chi connectivity index (χ4v) is 3.53. The lowest BCUT2D eigenvalue weighted by Gasteiger charge is -2.17. The normalized spacial score (nSPS) is 18.4. The van der Waals surface area contributed by atoms with Crippen molar-refractivity contribution >= 4 is 27.3 Å². The molecule has 1 N–H and O–H groups in total. The lowest BCUT2D eigenvalue weighted by Crippen LogP contribution is -2.34. The van der Waals surface area contributed by atoms with E-state index in [1.807, 2.05) is 6.08 Å². The molecule has 0 aromatic heterocycles. The second kappa shape index (κ2) is 7.09. The molecule has 0 unspecified atom stereocenters. The summed E-state index contributed by atoms with van der Waals surface area (Å²) in [7, 11) is -3.39. The lowest BCUT2D eigenvalue weighted by molar-refractivity contribution is -0.125. The predicted molar refractivity (Wildman–Crippen MR) is 83.0 cm³/mol. The van der Waals surface area contributed by atoms with Gasteiger partial charge >= 0.3 is 0 Å². The van der Waals surface area contributed by atoms with Gasteiger partial charge in [-0.2, -0.15) is 0 Å². The second-order valence-corrected chi connectivity index (χ2v) is 7.59. The van der Waals surface area contributed by atoms with Gasteiger partial charge in [-0.1, -0.05) is 23.8 Å². The van der Waals surface area contributed by atoms with Gasteiger partial charge in [0.15, 0.2) is 9.84 Å². The maximum absolute atomic E-state index is 12.1. The van der Waals surface area contributed by atoms with E-state index < -0.39 is 9.84 Å². The first-order valence-electron chi connectivity index (χ1n) is 6.90. The average Bonchev–Trinajstić information content (AvgIpc) is 2.48. The zero-order chi connectivity index (χ0) is 15.3. The van der Waals surface area contributed by atoms with E-state index >= 15 is 0 Å². The molecule has 0 aliphatic heterocycles. The molecule has 1 aromatic carbocycles. The van der Waals surface area contributed by atoms with Crippen molar-refractivity contribution in [3.63, 3.8) is 0 Å². The van der Waals surface area contributed by atoms with Crippen molar-refractivity contribution in [3.8, 4) is 0 Å². The topological polar surface area (TPSA) is 63.2 Å². The van der Waals surface area contributed by atoms with Crippen molar-refractivity contribution in [2.45, 2.75) is 24.2 Å². The Morgan fingerprint density at radius 2 is 1.95 bits per heavy atom. The van der Waals surface area contributed by atoms with Gasteiger partial charge in [0.25, 0.3) is 0 Å². The van der Waals surface area contributed by atoms with E-state index in [2.05, 4.69) is 11.4 Å². The Bertz CT molecular complexity index is 623. The van der Waals surface area contributed by atoms with Gasteiger partial charge < -0.3 is 5.32 Å². The van der Waals surface area contributed by atoms with Crippen LogP contribution in [0.2, 0.25) is 5.02 Å². The highest BCUT2D eigenvalue weighted by atomic mass is 35.5. The maximum Gasteiger partial charge on any atom is 0.223 e. The average molecular weight is 328 g/mol. The fourth-order valence-electron chi connectivity index (χ4n) is 2.24. The Morgan fingerprint density at radius 3 is 2.57 bits per heavy atom. The quantitative estimate of drug-likeness (QED) is 0.845. The van der Waals surface area contributed by atoms with Crippen LogP contribution in [0, 0.1) is 5.92 Å². The highest BCUT2D eigenvalue weighted by Gasteiger charge is 2.19. The molecule has 4 nitrogen and oxygen atoms in total. The molecule has 1 amide bonds. The van der Waals surface area contributed by atoms with Crippen LogP contribution in [0.25, 0.3) is 0 Å². The van der Waals surface area contributed by atoms with Crippen LogP contribution in [-0.4, -0.2) is 26.6 Å². The van der Waals surface area contributed by atoms with Crippen LogP contribution < -0.4 is 5.32 Å². The van der Waals surface area contributed by atoms with Crippen LogP contribution in [0.3, 0.4) is 0 Å². The monoisotopic (exact) mass is 327 g/mol. The smallest absolute Gasteiger partial charge is 0.223 e. The number of sulfone groups is 1. The predicted octanol–water partition coefficient (Wildman–Crippen LogP) is 2.59. The summed E-state index contributed by atoms with van der Waals surface area (Å²) in [5.74, 6) is -0.206. The number of hydrogen-bond acceptors (Lipinski definition) is 3.